The Morgan fingerprint density at radius 2 is 2.35 bits per heavy atom. The number of furan rings is 1. The van der Waals surface area contributed by atoms with E-state index >= 15 is 0 Å². The molecule has 0 N–H and O–H groups in total. The van der Waals surface area contributed by atoms with E-state index in [1.54, 1.807) is 0 Å². The van der Waals surface area contributed by atoms with Gasteiger partial charge < -0.3 is 13.9 Å². The molecule has 1 aromatic heterocycles. The number of hydrogen-bond donors (Lipinski definition) is 0. The average Bonchev–Trinajstić information content (AvgIpc) is 2.89. The molecule has 1 aliphatic heterocycles. The smallest absolute Gasteiger partial charge is 0.129 e. The zero-order chi connectivity index (χ0) is 12.3. The second-order valence-corrected chi connectivity index (χ2v) is 4.97. The first kappa shape index (κ1) is 12.3. The van der Waals surface area contributed by atoms with E-state index in [0.29, 0.717) is 13.2 Å². The number of carbonyl (C=O) groups excluding carboxylic acids is 1. The molecule has 0 spiro atoms. The molecule has 2 rings (SSSR count). The van der Waals surface area contributed by atoms with Gasteiger partial charge in [-0.3, -0.25) is 4.90 Å². The number of hydrogen-bond acceptors (Lipinski definition) is 4. The van der Waals surface area contributed by atoms with Crippen molar-refractivity contribution in [2.24, 2.45) is 5.41 Å². The normalized spacial score (nSPS) is 24.4. The first-order valence-corrected chi connectivity index (χ1v) is 5.91. The number of carbonyl (C=O) groups is 1. The Kier molecular flexibility index (Phi) is 3.64. The van der Waals surface area contributed by atoms with Gasteiger partial charge in [0, 0.05) is 13.2 Å². The van der Waals surface area contributed by atoms with Gasteiger partial charge in [-0.1, -0.05) is 0 Å². The summed E-state index contributed by atoms with van der Waals surface area (Å²) < 4.78 is 10.8. The molecule has 1 saturated heterocycles. The van der Waals surface area contributed by atoms with E-state index in [2.05, 4.69) is 4.90 Å². The van der Waals surface area contributed by atoms with Crippen LogP contribution in [0.2, 0.25) is 0 Å². The van der Waals surface area contributed by atoms with E-state index in [9.17, 15) is 4.79 Å². The van der Waals surface area contributed by atoms with Crippen LogP contribution in [-0.4, -0.2) is 38.0 Å². The van der Waals surface area contributed by atoms with Gasteiger partial charge in [0.1, 0.15) is 17.8 Å². The lowest BCUT2D eigenvalue weighted by molar-refractivity contribution is -0.117. The van der Waals surface area contributed by atoms with E-state index in [4.69, 9.17) is 9.15 Å². The Morgan fingerprint density at radius 3 is 2.88 bits per heavy atom. The molecule has 0 saturated carbocycles. The van der Waals surface area contributed by atoms with Crippen LogP contribution in [0.3, 0.4) is 0 Å². The molecular formula is C13H19NO3. The van der Waals surface area contributed by atoms with E-state index in [-0.39, 0.29) is 5.41 Å². The third kappa shape index (κ3) is 2.96. The molecule has 94 valence electrons. The highest BCUT2D eigenvalue weighted by Crippen LogP contribution is 2.27. The summed E-state index contributed by atoms with van der Waals surface area (Å²) in [5.74, 6) is 1.85. The van der Waals surface area contributed by atoms with Crippen molar-refractivity contribution in [3.8, 4) is 0 Å². The Balaban J connectivity index is 1.92. The van der Waals surface area contributed by atoms with Crippen molar-refractivity contribution in [2.45, 2.75) is 19.9 Å². The number of aryl methyl sites for hydroxylation is 1. The molecule has 1 fully saturated rings. The predicted molar refractivity (Wildman–Crippen MR) is 63.7 cm³/mol. The standard InChI is InChI=1S/C13H19NO3/c1-11-3-4-12(17-11)7-14(2)8-13(9-15)5-6-16-10-13/h3-4,9H,5-8,10H2,1-2H3. The van der Waals surface area contributed by atoms with Crippen molar-refractivity contribution in [1.29, 1.82) is 0 Å². The van der Waals surface area contributed by atoms with Gasteiger partial charge in [0.2, 0.25) is 0 Å². The fourth-order valence-electron chi connectivity index (χ4n) is 2.31. The fourth-order valence-corrected chi connectivity index (χ4v) is 2.31. The topological polar surface area (TPSA) is 42.7 Å². The molecular weight excluding hydrogens is 218 g/mol. The van der Waals surface area contributed by atoms with Crippen LogP contribution in [0.1, 0.15) is 17.9 Å². The highest BCUT2D eigenvalue weighted by Gasteiger charge is 2.35. The van der Waals surface area contributed by atoms with Crippen LogP contribution in [0.25, 0.3) is 0 Å². The summed E-state index contributed by atoms with van der Waals surface area (Å²) in [6, 6.07) is 3.93. The SMILES string of the molecule is Cc1ccc(CN(C)CC2(C=O)CCOC2)o1. The van der Waals surface area contributed by atoms with Crippen molar-refractivity contribution in [1.82, 2.24) is 4.90 Å². The highest BCUT2D eigenvalue weighted by atomic mass is 16.5. The Labute approximate surface area is 102 Å². The first-order valence-electron chi connectivity index (χ1n) is 5.91. The van der Waals surface area contributed by atoms with Gasteiger partial charge in [0.25, 0.3) is 0 Å². The first-order chi connectivity index (χ1) is 8.13. The third-order valence-electron chi connectivity index (χ3n) is 3.19. The van der Waals surface area contributed by atoms with Crippen LogP contribution in [0.5, 0.6) is 0 Å². The van der Waals surface area contributed by atoms with Gasteiger partial charge in [-0.15, -0.1) is 0 Å². The number of rotatable bonds is 5. The van der Waals surface area contributed by atoms with Crippen molar-refractivity contribution < 1.29 is 13.9 Å². The zero-order valence-electron chi connectivity index (χ0n) is 10.4. The second kappa shape index (κ2) is 5.02. The summed E-state index contributed by atoms with van der Waals surface area (Å²) in [5.41, 5.74) is -0.323. The van der Waals surface area contributed by atoms with Crippen molar-refractivity contribution in [2.75, 3.05) is 26.8 Å². The summed E-state index contributed by atoms with van der Waals surface area (Å²) in [5, 5.41) is 0. The minimum Gasteiger partial charge on any atom is -0.465 e. The van der Waals surface area contributed by atoms with E-state index in [0.717, 1.165) is 37.3 Å². The van der Waals surface area contributed by atoms with Gasteiger partial charge in [-0.2, -0.15) is 0 Å². The van der Waals surface area contributed by atoms with E-state index < -0.39 is 0 Å². The molecule has 4 nitrogen and oxygen atoms in total. The zero-order valence-corrected chi connectivity index (χ0v) is 10.4. The fraction of sp³-hybridized carbons (Fsp3) is 0.615. The highest BCUT2D eigenvalue weighted by molar-refractivity contribution is 5.60. The van der Waals surface area contributed by atoms with E-state index in [1.165, 1.54) is 0 Å². The maximum Gasteiger partial charge on any atom is 0.129 e. The van der Waals surface area contributed by atoms with Crippen LogP contribution < -0.4 is 0 Å². The van der Waals surface area contributed by atoms with Gasteiger partial charge in [-0.25, -0.2) is 0 Å². The maximum absolute atomic E-state index is 11.2. The molecule has 4 heteroatoms. The number of ether oxygens (including phenoxy) is 1. The number of nitrogens with zero attached hydrogens (tertiary/aromatic N) is 1. The molecule has 0 bridgehead atoms. The monoisotopic (exact) mass is 237 g/mol. The summed E-state index contributed by atoms with van der Waals surface area (Å²) in [4.78, 5) is 13.3. The Hall–Kier alpha value is -1.13. The molecule has 1 atom stereocenters. The predicted octanol–water partition coefficient (Wildman–Crippen LogP) is 1.63. The lowest BCUT2D eigenvalue weighted by atomic mass is 9.89. The van der Waals surface area contributed by atoms with Crippen molar-refractivity contribution in [3.63, 3.8) is 0 Å². The molecule has 0 aliphatic carbocycles. The summed E-state index contributed by atoms with van der Waals surface area (Å²) >= 11 is 0. The van der Waals surface area contributed by atoms with Crippen molar-refractivity contribution >= 4 is 6.29 Å². The van der Waals surface area contributed by atoms with Crippen LogP contribution in [0, 0.1) is 12.3 Å². The molecule has 1 aliphatic rings. The van der Waals surface area contributed by atoms with Gasteiger partial charge in [-0.05, 0) is 32.5 Å². The average molecular weight is 237 g/mol. The van der Waals surface area contributed by atoms with E-state index in [1.807, 2.05) is 26.1 Å². The van der Waals surface area contributed by atoms with Crippen LogP contribution in [-0.2, 0) is 16.1 Å². The van der Waals surface area contributed by atoms with Gasteiger partial charge >= 0.3 is 0 Å². The quantitative estimate of drug-likeness (QED) is 0.730. The second-order valence-electron chi connectivity index (χ2n) is 4.97. The van der Waals surface area contributed by atoms with Crippen LogP contribution in [0.4, 0.5) is 0 Å². The van der Waals surface area contributed by atoms with Crippen molar-refractivity contribution in [3.05, 3.63) is 23.7 Å². The molecule has 1 unspecified atom stereocenters. The minimum atomic E-state index is -0.323. The molecule has 1 aromatic rings. The maximum atomic E-state index is 11.2. The molecule has 2 heterocycles. The minimum absolute atomic E-state index is 0.323. The summed E-state index contributed by atoms with van der Waals surface area (Å²) in [6.45, 7) is 4.60. The summed E-state index contributed by atoms with van der Waals surface area (Å²) in [6.07, 6.45) is 1.86. The third-order valence-corrected chi connectivity index (χ3v) is 3.19. The number of aldehydes is 1. The van der Waals surface area contributed by atoms with Crippen LogP contribution in [0.15, 0.2) is 16.5 Å². The van der Waals surface area contributed by atoms with Gasteiger partial charge in [0.05, 0.1) is 18.6 Å². The molecule has 0 radical (unpaired) electrons. The molecule has 17 heavy (non-hydrogen) atoms. The Bertz CT molecular complexity index is 380. The molecule has 0 amide bonds. The Morgan fingerprint density at radius 1 is 1.53 bits per heavy atom. The van der Waals surface area contributed by atoms with Gasteiger partial charge in [0.15, 0.2) is 0 Å². The van der Waals surface area contributed by atoms with Crippen LogP contribution >= 0.6 is 0 Å². The largest absolute Gasteiger partial charge is 0.465 e. The summed E-state index contributed by atoms with van der Waals surface area (Å²) in [7, 11) is 2.00. The lowest BCUT2D eigenvalue weighted by Gasteiger charge is -2.26. The lowest BCUT2D eigenvalue weighted by Crippen LogP contribution is -2.37. The molecule has 0 aromatic carbocycles.